The van der Waals surface area contributed by atoms with Gasteiger partial charge in [-0.1, -0.05) is 5.16 Å². The number of hydrogen-bond donors (Lipinski definition) is 1. The molecular weight excluding hydrogens is 270 g/mol. The summed E-state index contributed by atoms with van der Waals surface area (Å²) in [6, 6.07) is 1.88. The van der Waals surface area contributed by atoms with Gasteiger partial charge in [-0.2, -0.15) is 0 Å². The van der Waals surface area contributed by atoms with Gasteiger partial charge < -0.3 is 19.3 Å². The molecule has 6 heteroatoms. The van der Waals surface area contributed by atoms with Gasteiger partial charge in [0.15, 0.2) is 11.5 Å². The summed E-state index contributed by atoms with van der Waals surface area (Å²) >= 11 is 0. The number of aryl methyl sites for hydroxylation is 2. The standard InChI is InChI=1S/C15H21N3O3/c1-9(14-10(2)18-21-11(14)3)17-8-12-15(20-5)13(19-4)6-7-16-12/h6-7,9,17H,8H2,1-5H3. The molecule has 2 aromatic rings. The largest absolute Gasteiger partial charge is 0.493 e. The lowest BCUT2D eigenvalue weighted by Gasteiger charge is -2.16. The van der Waals surface area contributed by atoms with Gasteiger partial charge in [0.25, 0.3) is 0 Å². The van der Waals surface area contributed by atoms with Crippen molar-refractivity contribution in [2.75, 3.05) is 14.2 Å². The van der Waals surface area contributed by atoms with Gasteiger partial charge in [-0.3, -0.25) is 4.98 Å². The summed E-state index contributed by atoms with van der Waals surface area (Å²) < 4.78 is 15.9. The number of rotatable bonds is 6. The number of ether oxygens (including phenoxy) is 2. The number of nitrogens with zero attached hydrogens (tertiary/aromatic N) is 2. The number of hydrogen-bond acceptors (Lipinski definition) is 6. The number of methoxy groups -OCH3 is 2. The van der Waals surface area contributed by atoms with Crippen LogP contribution in [0.1, 0.15) is 35.7 Å². The zero-order chi connectivity index (χ0) is 15.4. The summed E-state index contributed by atoms with van der Waals surface area (Å²) in [6.07, 6.45) is 1.71. The highest BCUT2D eigenvalue weighted by atomic mass is 16.5. The highest BCUT2D eigenvalue weighted by Gasteiger charge is 2.17. The molecular formula is C15H21N3O3. The van der Waals surface area contributed by atoms with Gasteiger partial charge in [0, 0.05) is 30.4 Å². The van der Waals surface area contributed by atoms with Crippen LogP contribution in [0.15, 0.2) is 16.8 Å². The second kappa shape index (κ2) is 6.58. The second-order valence-corrected chi connectivity index (χ2v) is 4.83. The van der Waals surface area contributed by atoms with Crippen LogP contribution in [0.25, 0.3) is 0 Å². The summed E-state index contributed by atoms with van der Waals surface area (Å²) in [5.74, 6) is 2.16. The molecule has 1 atom stereocenters. The third-order valence-corrected chi connectivity index (χ3v) is 3.46. The van der Waals surface area contributed by atoms with Gasteiger partial charge in [-0.25, -0.2) is 0 Å². The molecule has 114 valence electrons. The van der Waals surface area contributed by atoms with Gasteiger partial charge >= 0.3 is 0 Å². The maximum atomic E-state index is 5.38. The average Bonchev–Trinajstić information content (AvgIpc) is 2.83. The first-order chi connectivity index (χ1) is 10.1. The minimum absolute atomic E-state index is 0.106. The van der Waals surface area contributed by atoms with Crippen molar-refractivity contribution in [2.45, 2.75) is 33.4 Å². The molecule has 1 unspecified atom stereocenters. The quantitative estimate of drug-likeness (QED) is 0.882. The molecule has 0 saturated heterocycles. The first kappa shape index (κ1) is 15.3. The maximum absolute atomic E-state index is 5.38. The van der Waals surface area contributed by atoms with E-state index in [1.54, 1.807) is 26.5 Å². The number of nitrogens with one attached hydrogen (secondary N) is 1. The summed E-state index contributed by atoms with van der Waals surface area (Å²) in [6.45, 7) is 6.48. The molecule has 0 aliphatic rings. The topological polar surface area (TPSA) is 69.4 Å². The monoisotopic (exact) mass is 291 g/mol. The summed E-state index contributed by atoms with van der Waals surface area (Å²) in [5.41, 5.74) is 2.78. The normalized spacial score (nSPS) is 12.2. The molecule has 0 spiro atoms. The lowest BCUT2D eigenvalue weighted by atomic mass is 10.1. The molecule has 1 N–H and O–H groups in total. The third kappa shape index (κ3) is 3.16. The van der Waals surface area contributed by atoms with Crippen LogP contribution in [0.2, 0.25) is 0 Å². The molecule has 0 aromatic carbocycles. The minimum atomic E-state index is 0.106. The highest BCUT2D eigenvalue weighted by Crippen LogP contribution is 2.29. The Balaban J connectivity index is 2.13. The number of aromatic nitrogens is 2. The zero-order valence-electron chi connectivity index (χ0n) is 13.1. The molecule has 2 aromatic heterocycles. The Kier molecular flexibility index (Phi) is 4.80. The molecule has 0 amide bonds. The predicted molar refractivity (Wildman–Crippen MR) is 78.6 cm³/mol. The van der Waals surface area contributed by atoms with Gasteiger partial charge in [-0.05, 0) is 20.8 Å². The van der Waals surface area contributed by atoms with Crippen LogP contribution in [0.4, 0.5) is 0 Å². The van der Waals surface area contributed by atoms with E-state index in [0.717, 1.165) is 22.7 Å². The summed E-state index contributed by atoms with van der Waals surface area (Å²) in [5, 5.41) is 7.39. The van der Waals surface area contributed by atoms with Gasteiger partial charge in [0.05, 0.1) is 25.6 Å². The van der Waals surface area contributed by atoms with Crippen molar-refractivity contribution in [1.82, 2.24) is 15.5 Å². The Morgan fingerprint density at radius 3 is 2.62 bits per heavy atom. The molecule has 0 fully saturated rings. The van der Waals surface area contributed by atoms with Gasteiger partial charge in [0.2, 0.25) is 0 Å². The minimum Gasteiger partial charge on any atom is -0.493 e. The van der Waals surface area contributed by atoms with Crippen molar-refractivity contribution in [3.05, 3.63) is 35.0 Å². The van der Waals surface area contributed by atoms with E-state index >= 15 is 0 Å². The highest BCUT2D eigenvalue weighted by molar-refractivity contribution is 5.42. The fourth-order valence-corrected chi connectivity index (χ4v) is 2.44. The van der Waals surface area contributed by atoms with Crippen LogP contribution in [-0.2, 0) is 6.54 Å². The molecule has 0 aliphatic carbocycles. The Morgan fingerprint density at radius 1 is 1.29 bits per heavy atom. The Morgan fingerprint density at radius 2 is 2.05 bits per heavy atom. The molecule has 0 aliphatic heterocycles. The summed E-state index contributed by atoms with van der Waals surface area (Å²) in [4.78, 5) is 4.35. The van der Waals surface area contributed by atoms with Crippen LogP contribution in [0.5, 0.6) is 11.5 Å². The van der Waals surface area contributed by atoms with Crippen LogP contribution in [0.3, 0.4) is 0 Å². The van der Waals surface area contributed by atoms with Crippen LogP contribution >= 0.6 is 0 Å². The third-order valence-electron chi connectivity index (χ3n) is 3.46. The lowest BCUT2D eigenvalue weighted by molar-refractivity contribution is 0.347. The smallest absolute Gasteiger partial charge is 0.183 e. The van der Waals surface area contributed by atoms with E-state index in [1.807, 2.05) is 13.8 Å². The van der Waals surface area contributed by atoms with Crippen molar-refractivity contribution in [2.24, 2.45) is 0 Å². The van der Waals surface area contributed by atoms with Crippen molar-refractivity contribution >= 4 is 0 Å². The van der Waals surface area contributed by atoms with E-state index in [0.29, 0.717) is 18.0 Å². The first-order valence-corrected chi connectivity index (χ1v) is 6.80. The SMILES string of the molecule is COc1ccnc(CNC(C)c2c(C)noc2C)c1OC. The Bertz CT molecular complexity index is 591. The molecule has 2 heterocycles. The van der Waals surface area contributed by atoms with Crippen molar-refractivity contribution in [1.29, 1.82) is 0 Å². The van der Waals surface area contributed by atoms with Crippen molar-refractivity contribution in [3.8, 4) is 11.5 Å². The first-order valence-electron chi connectivity index (χ1n) is 6.80. The van der Waals surface area contributed by atoms with E-state index in [2.05, 4.69) is 22.4 Å². The molecule has 2 rings (SSSR count). The van der Waals surface area contributed by atoms with Crippen LogP contribution in [-0.4, -0.2) is 24.4 Å². The predicted octanol–water partition coefficient (Wildman–Crippen LogP) is 2.55. The fourth-order valence-electron chi connectivity index (χ4n) is 2.44. The summed E-state index contributed by atoms with van der Waals surface area (Å²) in [7, 11) is 3.22. The van der Waals surface area contributed by atoms with E-state index in [9.17, 15) is 0 Å². The Hall–Kier alpha value is -2.08. The van der Waals surface area contributed by atoms with Gasteiger partial charge in [-0.15, -0.1) is 0 Å². The van der Waals surface area contributed by atoms with E-state index in [1.165, 1.54) is 0 Å². The molecule has 0 bridgehead atoms. The van der Waals surface area contributed by atoms with E-state index in [-0.39, 0.29) is 6.04 Å². The second-order valence-electron chi connectivity index (χ2n) is 4.83. The van der Waals surface area contributed by atoms with Crippen molar-refractivity contribution < 1.29 is 14.0 Å². The maximum Gasteiger partial charge on any atom is 0.183 e. The molecule has 0 radical (unpaired) electrons. The molecule has 6 nitrogen and oxygen atoms in total. The number of pyridine rings is 1. The van der Waals surface area contributed by atoms with E-state index in [4.69, 9.17) is 14.0 Å². The van der Waals surface area contributed by atoms with Gasteiger partial charge in [0.1, 0.15) is 5.76 Å². The van der Waals surface area contributed by atoms with Crippen molar-refractivity contribution in [3.63, 3.8) is 0 Å². The zero-order valence-corrected chi connectivity index (χ0v) is 13.1. The van der Waals surface area contributed by atoms with E-state index < -0.39 is 0 Å². The van der Waals surface area contributed by atoms with Crippen LogP contribution in [0, 0.1) is 13.8 Å². The lowest BCUT2D eigenvalue weighted by Crippen LogP contribution is -2.20. The molecule has 0 saturated carbocycles. The Labute approximate surface area is 124 Å². The fraction of sp³-hybridized carbons (Fsp3) is 0.467. The molecule has 21 heavy (non-hydrogen) atoms. The van der Waals surface area contributed by atoms with Crippen LogP contribution < -0.4 is 14.8 Å². The average molecular weight is 291 g/mol.